The van der Waals surface area contributed by atoms with Gasteiger partial charge in [0.2, 0.25) is 6.29 Å². The number of rotatable bonds is 8. The van der Waals surface area contributed by atoms with Gasteiger partial charge in [0.1, 0.15) is 6.61 Å². The van der Waals surface area contributed by atoms with Crippen molar-refractivity contribution in [1.82, 2.24) is 0 Å². The van der Waals surface area contributed by atoms with Crippen molar-refractivity contribution in [2.75, 3.05) is 27.4 Å². The van der Waals surface area contributed by atoms with Crippen LogP contribution in [0.25, 0.3) is 0 Å². The van der Waals surface area contributed by atoms with Crippen molar-refractivity contribution in [3.63, 3.8) is 0 Å². The third kappa shape index (κ3) is 4.95. The van der Waals surface area contributed by atoms with Crippen molar-refractivity contribution in [3.05, 3.63) is 22.8 Å². The first-order valence-corrected chi connectivity index (χ1v) is 8.90. The van der Waals surface area contributed by atoms with Gasteiger partial charge in [-0.15, -0.1) is 0 Å². The van der Waals surface area contributed by atoms with Gasteiger partial charge in [-0.1, -0.05) is 13.8 Å². The van der Waals surface area contributed by atoms with Crippen molar-refractivity contribution in [2.24, 2.45) is 11.8 Å². The van der Waals surface area contributed by atoms with Gasteiger partial charge in [-0.05, 0) is 23.1 Å². The molecule has 1 N–H and O–H groups in total. The number of hydrogen-bond donors (Lipinski definition) is 1. The van der Waals surface area contributed by atoms with Crippen LogP contribution in [-0.4, -0.2) is 63.2 Å². The summed E-state index contributed by atoms with van der Waals surface area (Å²) in [4.78, 5) is 23.5. The van der Waals surface area contributed by atoms with Gasteiger partial charge in [0.05, 0.1) is 18.6 Å². The van der Waals surface area contributed by atoms with Crippen LogP contribution < -0.4 is 0 Å². The summed E-state index contributed by atoms with van der Waals surface area (Å²) in [6.45, 7) is 4.86. The molecule has 0 aromatic heterocycles. The molecule has 2 aliphatic rings. The Hall–Kier alpha value is -1.74. The second-order valence-electron chi connectivity index (χ2n) is 6.95. The Bertz CT molecular complexity index is 621. The monoisotopic (exact) mass is 384 g/mol. The number of aliphatic hydroxyl groups excluding tert-OH is 1. The van der Waals surface area contributed by atoms with E-state index in [1.165, 1.54) is 21.1 Å². The molecule has 0 saturated heterocycles. The molecule has 27 heavy (non-hydrogen) atoms. The molecule has 8 heteroatoms. The molecule has 2 rings (SSSR count). The van der Waals surface area contributed by atoms with Crippen LogP contribution >= 0.6 is 0 Å². The molecule has 152 valence electrons. The van der Waals surface area contributed by atoms with Gasteiger partial charge >= 0.3 is 11.9 Å². The van der Waals surface area contributed by atoms with Gasteiger partial charge in [-0.2, -0.15) is 0 Å². The summed E-state index contributed by atoms with van der Waals surface area (Å²) in [5.74, 6) is -1.22. The van der Waals surface area contributed by atoms with Crippen LogP contribution in [0.1, 0.15) is 27.2 Å². The maximum atomic E-state index is 12.2. The fraction of sp³-hybridized carbons (Fsp3) is 0.684. The fourth-order valence-electron chi connectivity index (χ4n) is 3.37. The highest BCUT2D eigenvalue weighted by molar-refractivity contribution is 5.70. The predicted molar refractivity (Wildman–Crippen MR) is 94.3 cm³/mol. The van der Waals surface area contributed by atoms with E-state index in [1.54, 1.807) is 6.08 Å². The van der Waals surface area contributed by atoms with Crippen molar-refractivity contribution in [3.8, 4) is 0 Å². The molecule has 0 aromatic rings. The van der Waals surface area contributed by atoms with Gasteiger partial charge in [-0.3, -0.25) is 9.59 Å². The zero-order valence-electron chi connectivity index (χ0n) is 16.4. The van der Waals surface area contributed by atoms with Gasteiger partial charge in [0, 0.05) is 33.1 Å². The number of carbonyl (C=O) groups is 2. The van der Waals surface area contributed by atoms with Crippen LogP contribution in [0.5, 0.6) is 0 Å². The molecule has 0 saturated carbocycles. The summed E-state index contributed by atoms with van der Waals surface area (Å²) < 4.78 is 27.5. The van der Waals surface area contributed by atoms with Gasteiger partial charge in [-0.25, -0.2) is 0 Å². The molecule has 0 aromatic carbocycles. The van der Waals surface area contributed by atoms with Crippen molar-refractivity contribution in [2.45, 2.75) is 45.9 Å². The Morgan fingerprint density at radius 2 is 1.96 bits per heavy atom. The van der Waals surface area contributed by atoms with Crippen LogP contribution in [0.4, 0.5) is 0 Å². The van der Waals surface area contributed by atoms with Crippen molar-refractivity contribution in [1.29, 1.82) is 0 Å². The second kappa shape index (κ2) is 9.45. The molecule has 0 amide bonds. The minimum Gasteiger partial charge on any atom is -0.461 e. The Kier molecular flexibility index (Phi) is 7.55. The number of ether oxygens (including phenoxy) is 5. The Morgan fingerprint density at radius 3 is 2.48 bits per heavy atom. The maximum Gasteiger partial charge on any atom is 0.308 e. The molecule has 1 heterocycles. The standard InChI is InChI=1S/C19H28O8/c1-10(2)6-15(22)26-19-16-12(8-20)7-14(23-4)17(16)13(9-25-11(3)21)18(24-5)27-19/h7,10,14,16,18-20H,6,8-9H2,1-5H3/t14-,16-,18+,19-/m1/s1. The molecule has 4 atom stereocenters. The van der Waals surface area contributed by atoms with Crippen LogP contribution in [0.2, 0.25) is 0 Å². The quantitative estimate of drug-likeness (QED) is 0.494. The molecule has 1 aliphatic carbocycles. The zero-order chi connectivity index (χ0) is 20.1. The topological polar surface area (TPSA) is 101 Å². The highest BCUT2D eigenvalue weighted by atomic mass is 16.8. The number of hydrogen-bond acceptors (Lipinski definition) is 8. The lowest BCUT2D eigenvalue weighted by atomic mass is 9.88. The van der Waals surface area contributed by atoms with E-state index in [4.69, 9.17) is 23.7 Å². The van der Waals surface area contributed by atoms with Crippen molar-refractivity contribution >= 4 is 11.9 Å². The van der Waals surface area contributed by atoms with E-state index in [9.17, 15) is 14.7 Å². The lowest BCUT2D eigenvalue weighted by Gasteiger charge is -2.38. The first-order valence-electron chi connectivity index (χ1n) is 8.90. The van der Waals surface area contributed by atoms with Crippen LogP contribution in [0.15, 0.2) is 22.8 Å². The van der Waals surface area contributed by atoms with Gasteiger partial charge in [0.25, 0.3) is 0 Å². The summed E-state index contributed by atoms with van der Waals surface area (Å²) in [5.41, 5.74) is 1.93. The maximum absolute atomic E-state index is 12.2. The molecular weight excluding hydrogens is 356 g/mol. The molecule has 0 unspecified atom stereocenters. The van der Waals surface area contributed by atoms with Gasteiger partial charge in [0.15, 0.2) is 6.29 Å². The predicted octanol–water partition coefficient (Wildman–Crippen LogP) is 1.33. The van der Waals surface area contributed by atoms with Crippen LogP contribution in [-0.2, 0) is 33.3 Å². The minimum atomic E-state index is -0.962. The van der Waals surface area contributed by atoms with E-state index in [2.05, 4.69) is 0 Å². The third-order valence-corrected chi connectivity index (χ3v) is 4.50. The molecule has 0 bridgehead atoms. The minimum absolute atomic E-state index is 0.0429. The van der Waals surface area contributed by atoms with Gasteiger partial charge < -0.3 is 28.8 Å². The smallest absolute Gasteiger partial charge is 0.308 e. The highest BCUT2D eigenvalue weighted by Crippen LogP contribution is 2.44. The van der Waals surface area contributed by atoms with Crippen LogP contribution in [0.3, 0.4) is 0 Å². The fourth-order valence-corrected chi connectivity index (χ4v) is 3.37. The average molecular weight is 384 g/mol. The average Bonchev–Trinajstić information content (AvgIpc) is 2.98. The summed E-state index contributed by atoms with van der Waals surface area (Å²) in [5, 5.41) is 9.78. The lowest BCUT2D eigenvalue weighted by molar-refractivity contribution is -0.242. The Morgan fingerprint density at radius 1 is 1.26 bits per heavy atom. The molecule has 0 spiro atoms. The summed E-state index contributed by atoms with van der Waals surface area (Å²) in [6, 6.07) is 0. The van der Waals surface area contributed by atoms with E-state index < -0.39 is 36.5 Å². The lowest BCUT2D eigenvalue weighted by Crippen LogP contribution is -2.43. The summed E-state index contributed by atoms with van der Waals surface area (Å²) >= 11 is 0. The normalized spacial score (nSPS) is 27.4. The van der Waals surface area contributed by atoms with E-state index >= 15 is 0 Å². The SMILES string of the molecule is CO[C@H]1O[C@@H](OC(=O)CC(C)C)[C@@H]2C(CO)=C[C@@H](OC)C2=C1COC(C)=O. The van der Waals surface area contributed by atoms with E-state index in [1.807, 2.05) is 13.8 Å². The number of fused-ring (bicyclic) bond motifs is 1. The Labute approximate surface area is 159 Å². The van der Waals surface area contributed by atoms with E-state index in [0.717, 1.165) is 5.57 Å². The first kappa shape index (κ1) is 21.6. The highest BCUT2D eigenvalue weighted by Gasteiger charge is 2.47. The molecular formula is C19H28O8. The molecule has 8 nitrogen and oxygen atoms in total. The largest absolute Gasteiger partial charge is 0.461 e. The number of esters is 2. The van der Waals surface area contributed by atoms with E-state index in [0.29, 0.717) is 11.1 Å². The number of carbonyl (C=O) groups excluding carboxylic acids is 2. The third-order valence-electron chi connectivity index (χ3n) is 4.50. The number of methoxy groups -OCH3 is 2. The zero-order valence-corrected chi connectivity index (χ0v) is 16.4. The molecule has 1 aliphatic heterocycles. The van der Waals surface area contributed by atoms with Crippen LogP contribution in [0, 0.1) is 11.8 Å². The number of aliphatic hydroxyl groups is 1. The second-order valence-corrected chi connectivity index (χ2v) is 6.95. The van der Waals surface area contributed by atoms with Crippen molar-refractivity contribution < 1.29 is 38.4 Å². The summed E-state index contributed by atoms with van der Waals surface area (Å²) in [6.07, 6.45) is -0.281. The Balaban J connectivity index is 2.39. The first-order chi connectivity index (χ1) is 12.8. The molecule has 0 fully saturated rings. The summed E-state index contributed by atoms with van der Waals surface area (Å²) in [7, 11) is 2.98. The van der Waals surface area contributed by atoms with E-state index in [-0.39, 0.29) is 25.6 Å². The molecule has 0 radical (unpaired) electrons.